The van der Waals surface area contributed by atoms with Gasteiger partial charge < -0.3 is 5.11 Å². The summed E-state index contributed by atoms with van der Waals surface area (Å²) in [4.78, 5) is 0. The summed E-state index contributed by atoms with van der Waals surface area (Å²) >= 11 is 0. The number of alkyl halides is 3. The van der Waals surface area contributed by atoms with Crippen molar-refractivity contribution in [2.45, 2.75) is 52.1 Å². The maximum atomic E-state index is 13.4. The van der Waals surface area contributed by atoms with Gasteiger partial charge in [0, 0.05) is 0 Å². The summed E-state index contributed by atoms with van der Waals surface area (Å²) < 4.78 is 40.3. The highest BCUT2D eigenvalue weighted by Gasteiger charge is 2.42. The molecule has 0 saturated heterocycles. The van der Waals surface area contributed by atoms with E-state index >= 15 is 0 Å². The van der Waals surface area contributed by atoms with Crippen molar-refractivity contribution in [1.82, 2.24) is 0 Å². The zero-order valence-corrected chi connectivity index (χ0v) is 14.6. The Hall–Kier alpha value is -1.07. The highest BCUT2D eigenvalue weighted by atomic mass is 28.3. The van der Waals surface area contributed by atoms with Gasteiger partial charge in [0.15, 0.2) is 0 Å². The Morgan fingerprint density at radius 2 is 1.64 bits per heavy atom. The SMILES string of the molecule is CCC(CC)C(O)/C(=C/[Si](C)(C)c1ccccc1)C(F)(F)F. The lowest BCUT2D eigenvalue weighted by Crippen LogP contribution is -2.42. The minimum absolute atomic E-state index is 0.367. The molecule has 0 heterocycles. The molecule has 1 N–H and O–H groups in total. The fourth-order valence-corrected chi connectivity index (χ4v) is 4.99. The van der Waals surface area contributed by atoms with E-state index in [1.54, 1.807) is 0 Å². The van der Waals surface area contributed by atoms with Crippen LogP contribution in [0.25, 0.3) is 0 Å². The van der Waals surface area contributed by atoms with Crippen molar-refractivity contribution in [3.05, 3.63) is 41.6 Å². The van der Waals surface area contributed by atoms with Crippen molar-refractivity contribution in [2.24, 2.45) is 5.92 Å². The van der Waals surface area contributed by atoms with Crippen molar-refractivity contribution >= 4 is 13.3 Å². The number of halogens is 3. The van der Waals surface area contributed by atoms with E-state index in [2.05, 4.69) is 0 Å². The summed E-state index contributed by atoms with van der Waals surface area (Å²) in [7, 11) is -2.43. The molecule has 0 aliphatic rings. The first kappa shape index (κ1) is 19.0. The Labute approximate surface area is 131 Å². The molecule has 1 aromatic carbocycles. The lowest BCUT2D eigenvalue weighted by Gasteiger charge is -2.28. The molecule has 0 spiro atoms. The molecular formula is C17H25F3OSi. The van der Waals surface area contributed by atoms with Crippen molar-refractivity contribution in [2.75, 3.05) is 0 Å². The fraction of sp³-hybridized carbons (Fsp3) is 0.529. The van der Waals surface area contributed by atoms with Gasteiger partial charge in [-0.2, -0.15) is 13.2 Å². The fourth-order valence-electron chi connectivity index (χ4n) is 2.66. The molecule has 1 nitrogen and oxygen atoms in total. The topological polar surface area (TPSA) is 20.2 Å². The molecule has 0 fully saturated rings. The second kappa shape index (κ2) is 7.46. The molecule has 0 amide bonds. The molecule has 0 bridgehead atoms. The van der Waals surface area contributed by atoms with E-state index in [0.29, 0.717) is 12.8 Å². The molecule has 1 aromatic rings. The molecular weight excluding hydrogens is 305 g/mol. The predicted octanol–water partition coefficient (Wildman–Crippen LogP) is 4.43. The van der Waals surface area contributed by atoms with Crippen LogP contribution in [0.2, 0.25) is 13.1 Å². The number of rotatable bonds is 6. The molecule has 22 heavy (non-hydrogen) atoms. The normalized spacial score (nSPS) is 15.2. The average Bonchev–Trinajstić information content (AvgIpc) is 2.46. The summed E-state index contributed by atoms with van der Waals surface area (Å²) in [6.07, 6.45) is -4.90. The molecule has 0 saturated carbocycles. The Morgan fingerprint density at radius 3 is 2.05 bits per heavy atom. The number of aliphatic hydroxyl groups is 1. The van der Waals surface area contributed by atoms with E-state index in [1.165, 1.54) is 5.70 Å². The highest BCUT2D eigenvalue weighted by Crippen LogP contribution is 2.34. The smallest absolute Gasteiger partial charge is 0.388 e. The Balaban J connectivity index is 3.27. The molecule has 0 aromatic heterocycles. The quantitative estimate of drug-likeness (QED) is 0.765. The maximum absolute atomic E-state index is 13.4. The molecule has 124 valence electrons. The van der Waals surface area contributed by atoms with Crippen LogP contribution in [0.3, 0.4) is 0 Å². The molecule has 5 heteroatoms. The van der Waals surface area contributed by atoms with Crippen LogP contribution in [0.4, 0.5) is 13.2 Å². The van der Waals surface area contributed by atoms with Crippen LogP contribution in [0.1, 0.15) is 26.7 Å². The van der Waals surface area contributed by atoms with Gasteiger partial charge in [-0.05, 0) is 5.92 Å². The van der Waals surface area contributed by atoms with Crippen LogP contribution in [0.5, 0.6) is 0 Å². The molecule has 0 aliphatic carbocycles. The van der Waals surface area contributed by atoms with E-state index in [0.717, 1.165) is 5.19 Å². The van der Waals surface area contributed by atoms with Crippen LogP contribution in [0.15, 0.2) is 41.6 Å². The molecule has 1 rings (SSSR count). The largest absolute Gasteiger partial charge is 0.414 e. The second-order valence-corrected chi connectivity index (χ2v) is 10.5. The van der Waals surface area contributed by atoms with Crippen LogP contribution in [-0.2, 0) is 0 Å². The Morgan fingerprint density at radius 1 is 1.14 bits per heavy atom. The van der Waals surface area contributed by atoms with Gasteiger partial charge in [0.1, 0.15) is 8.07 Å². The zero-order chi connectivity index (χ0) is 17.0. The maximum Gasteiger partial charge on any atom is 0.414 e. The van der Waals surface area contributed by atoms with Crippen LogP contribution in [-0.4, -0.2) is 25.5 Å². The molecule has 1 unspecified atom stereocenters. The number of hydrogen-bond acceptors (Lipinski definition) is 1. The van der Waals surface area contributed by atoms with Gasteiger partial charge in [-0.15, -0.1) is 0 Å². The third kappa shape index (κ3) is 4.71. The first-order valence-electron chi connectivity index (χ1n) is 7.67. The standard InChI is InChI=1S/C17H25F3OSi/c1-5-13(6-2)16(21)15(17(18,19)20)12-22(3,4)14-10-8-7-9-11-14/h7-13,16,21H,5-6H2,1-4H3/b15-12-. The Bertz CT molecular complexity index is 490. The van der Waals surface area contributed by atoms with Gasteiger partial charge >= 0.3 is 6.18 Å². The average molecular weight is 330 g/mol. The summed E-state index contributed by atoms with van der Waals surface area (Å²) in [6, 6.07) is 9.24. The first-order chi connectivity index (χ1) is 10.1. The van der Waals surface area contributed by atoms with E-state index in [1.807, 2.05) is 57.3 Å². The van der Waals surface area contributed by atoms with Gasteiger partial charge in [-0.1, -0.05) is 81.0 Å². The number of aliphatic hydroxyl groups excluding tert-OH is 1. The lowest BCUT2D eigenvalue weighted by atomic mass is 9.91. The summed E-state index contributed by atoms with van der Waals surface area (Å²) in [6.45, 7) is 7.36. The van der Waals surface area contributed by atoms with Crippen LogP contribution >= 0.6 is 0 Å². The van der Waals surface area contributed by atoms with Gasteiger partial charge in [-0.25, -0.2) is 0 Å². The Kier molecular flexibility index (Phi) is 6.44. The molecule has 1 atom stereocenters. The third-order valence-corrected chi connectivity index (χ3v) is 7.03. The van der Waals surface area contributed by atoms with Crippen molar-refractivity contribution in [1.29, 1.82) is 0 Å². The van der Waals surface area contributed by atoms with E-state index in [4.69, 9.17) is 0 Å². The van der Waals surface area contributed by atoms with Crippen molar-refractivity contribution in [3.63, 3.8) is 0 Å². The minimum Gasteiger partial charge on any atom is -0.388 e. The number of benzene rings is 1. The monoisotopic (exact) mass is 330 g/mol. The predicted molar refractivity (Wildman–Crippen MR) is 87.8 cm³/mol. The van der Waals surface area contributed by atoms with Crippen LogP contribution in [0, 0.1) is 5.92 Å². The molecule has 0 radical (unpaired) electrons. The van der Waals surface area contributed by atoms with E-state index in [9.17, 15) is 18.3 Å². The van der Waals surface area contributed by atoms with E-state index in [-0.39, 0.29) is 5.92 Å². The lowest BCUT2D eigenvalue weighted by molar-refractivity contribution is -0.109. The van der Waals surface area contributed by atoms with Gasteiger partial charge in [-0.3, -0.25) is 0 Å². The first-order valence-corrected chi connectivity index (χ1v) is 10.7. The van der Waals surface area contributed by atoms with E-state index < -0.39 is 25.9 Å². The van der Waals surface area contributed by atoms with Crippen LogP contribution < -0.4 is 5.19 Å². The van der Waals surface area contributed by atoms with Crippen molar-refractivity contribution in [3.8, 4) is 0 Å². The van der Waals surface area contributed by atoms with Crippen molar-refractivity contribution < 1.29 is 18.3 Å². The third-order valence-electron chi connectivity index (χ3n) is 4.18. The van der Waals surface area contributed by atoms with Gasteiger partial charge in [0.05, 0.1) is 11.7 Å². The second-order valence-electron chi connectivity index (χ2n) is 6.21. The zero-order valence-electron chi connectivity index (χ0n) is 13.6. The van der Waals surface area contributed by atoms with Gasteiger partial charge in [0.25, 0.3) is 0 Å². The summed E-state index contributed by atoms with van der Waals surface area (Å²) in [5.74, 6) is -0.367. The molecule has 0 aliphatic heterocycles. The summed E-state index contributed by atoms with van der Waals surface area (Å²) in [5.41, 5.74) is 0.535. The van der Waals surface area contributed by atoms with Gasteiger partial charge in [0.2, 0.25) is 0 Å². The summed E-state index contributed by atoms with van der Waals surface area (Å²) in [5, 5.41) is 11.2. The number of hydrogen-bond donors (Lipinski definition) is 1. The highest BCUT2D eigenvalue weighted by molar-refractivity contribution is 6.94. The minimum atomic E-state index is -4.50.